The van der Waals surface area contributed by atoms with Crippen molar-refractivity contribution in [3.05, 3.63) is 35.9 Å². The summed E-state index contributed by atoms with van der Waals surface area (Å²) in [5.74, 6) is -1.50. The molecule has 0 bridgehead atoms. The predicted molar refractivity (Wildman–Crippen MR) is 104 cm³/mol. The fourth-order valence-electron chi connectivity index (χ4n) is 2.70. The zero-order chi connectivity index (χ0) is 21.2. The minimum atomic E-state index is -3.95. The summed E-state index contributed by atoms with van der Waals surface area (Å²) in [4.78, 5) is 9.24. The van der Waals surface area contributed by atoms with Gasteiger partial charge in [-0.3, -0.25) is 4.57 Å². The molecular weight excluding hydrogens is 407 g/mol. The maximum Gasteiger partial charge on any atom is 0.292 e. The first-order chi connectivity index (χ1) is 13.8. The molecule has 7 nitrogen and oxygen atoms in total. The Hall–Kier alpha value is -2.19. The van der Waals surface area contributed by atoms with Gasteiger partial charge in [0, 0.05) is 10.8 Å². The molecule has 0 spiro atoms. The van der Waals surface area contributed by atoms with Crippen LogP contribution in [0.5, 0.6) is 11.5 Å². The third-order valence-corrected chi connectivity index (χ3v) is 5.75. The first-order valence-corrected chi connectivity index (χ1v) is 10.9. The molecule has 0 aliphatic heterocycles. The molecule has 0 saturated heterocycles. The highest BCUT2D eigenvalue weighted by molar-refractivity contribution is 7.55. The quantitative estimate of drug-likeness (QED) is 0.331. The number of benzene rings is 2. The van der Waals surface area contributed by atoms with Crippen LogP contribution in [0.1, 0.15) is 20.3 Å². The molecule has 0 aliphatic carbocycles. The molecule has 2 aromatic carbocycles. The van der Waals surface area contributed by atoms with E-state index >= 15 is 0 Å². The Balaban J connectivity index is 1.90. The molecule has 2 atom stereocenters. The van der Waals surface area contributed by atoms with Crippen molar-refractivity contribution >= 4 is 29.5 Å². The molecule has 3 N–H and O–H groups in total. The molecule has 1 heterocycles. The Labute approximate surface area is 165 Å². The first-order valence-electron chi connectivity index (χ1n) is 9.09. The van der Waals surface area contributed by atoms with Crippen molar-refractivity contribution in [3.8, 4) is 11.5 Å². The minimum absolute atomic E-state index is 0.0314. The fourth-order valence-corrected chi connectivity index (χ4v) is 3.14. The number of nitrogens with one attached hydrogen (secondary N) is 1. The van der Waals surface area contributed by atoms with Gasteiger partial charge in [0.25, 0.3) is 7.52 Å². The van der Waals surface area contributed by atoms with Crippen LogP contribution in [-0.2, 0) is 4.57 Å². The lowest BCUT2D eigenvalue weighted by molar-refractivity contribution is 0.219. The second-order valence-corrected chi connectivity index (χ2v) is 8.86. The number of rotatable bonds is 9. The highest BCUT2D eigenvalue weighted by Gasteiger charge is 2.21. The van der Waals surface area contributed by atoms with Crippen LogP contribution in [0.2, 0.25) is 0 Å². The van der Waals surface area contributed by atoms with E-state index in [9.17, 15) is 18.2 Å². The van der Waals surface area contributed by atoms with E-state index in [-0.39, 0.29) is 35.2 Å². The molecule has 10 heteroatoms. The van der Waals surface area contributed by atoms with Crippen LogP contribution in [0.4, 0.5) is 8.78 Å². The number of fused-ring (bicyclic) bond motifs is 3. The van der Waals surface area contributed by atoms with E-state index < -0.39 is 25.3 Å². The molecule has 158 valence electrons. The van der Waals surface area contributed by atoms with E-state index in [0.29, 0.717) is 17.4 Å². The van der Waals surface area contributed by atoms with Crippen LogP contribution in [0.15, 0.2) is 28.7 Å². The van der Waals surface area contributed by atoms with E-state index in [1.807, 2.05) is 13.8 Å². The number of ether oxygens (including phenoxy) is 2. The van der Waals surface area contributed by atoms with E-state index in [4.69, 9.17) is 19.1 Å². The van der Waals surface area contributed by atoms with Gasteiger partial charge in [-0.2, -0.15) is 8.78 Å². The Morgan fingerprint density at radius 2 is 1.66 bits per heavy atom. The zero-order valence-corrected chi connectivity index (χ0v) is 16.8. The molecule has 0 fully saturated rings. The summed E-state index contributed by atoms with van der Waals surface area (Å²) in [6.07, 6.45) is 0.454. The van der Waals surface area contributed by atoms with E-state index in [1.54, 1.807) is 6.07 Å². The number of furan rings is 1. The van der Waals surface area contributed by atoms with Gasteiger partial charge in [0.2, 0.25) is 11.6 Å². The summed E-state index contributed by atoms with van der Waals surface area (Å²) in [6, 6.07) is 5.93. The molecule has 0 saturated carbocycles. The monoisotopic (exact) mass is 429 g/mol. The maximum atomic E-state index is 14.8. The van der Waals surface area contributed by atoms with Gasteiger partial charge < -0.3 is 24.0 Å². The zero-order valence-electron chi connectivity index (χ0n) is 15.9. The van der Waals surface area contributed by atoms with Gasteiger partial charge in [0.05, 0.1) is 19.4 Å². The SMILES string of the molecule is CC[C@@H](C)COc1ccc2c(oc3c(F)c(OCCP(=O)(O)NO)ccc32)c1F. The molecule has 0 radical (unpaired) electrons. The third kappa shape index (κ3) is 4.53. The van der Waals surface area contributed by atoms with Crippen molar-refractivity contribution in [1.82, 2.24) is 5.25 Å². The smallest absolute Gasteiger partial charge is 0.292 e. The average molecular weight is 429 g/mol. The summed E-state index contributed by atoms with van der Waals surface area (Å²) < 4.78 is 57.0. The van der Waals surface area contributed by atoms with Gasteiger partial charge in [-0.1, -0.05) is 20.3 Å². The summed E-state index contributed by atoms with van der Waals surface area (Å²) in [5.41, 5.74) is -0.315. The van der Waals surface area contributed by atoms with Gasteiger partial charge in [0.15, 0.2) is 22.7 Å². The normalized spacial score (nSPS) is 14.8. The largest absolute Gasteiger partial charge is 0.490 e. The van der Waals surface area contributed by atoms with Crippen LogP contribution in [0.25, 0.3) is 21.9 Å². The highest BCUT2D eigenvalue weighted by Crippen LogP contribution is 2.38. The molecular formula is C19H22F2NO6P. The second-order valence-electron chi connectivity index (χ2n) is 6.81. The van der Waals surface area contributed by atoms with E-state index in [2.05, 4.69) is 0 Å². The summed E-state index contributed by atoms with van der Waals surface area (Å²) in [7, 11) is -3.95. The molecule has 0 aliphatic rings. The Morgan fingerprint density at radius 3 is 2.17 bits per heavy atom. The van der Waals surface area contributed by atoms with Gasteiger partial charge in [-0.15, -0.1) is 5.25 Å². The van der Waals surface area contributed by atoms with Gasteiger partial charge in [-0.05, 0) is 30.2 Å². The molecule has 3 aromatic rings. The third-order valence-electron chi connectivity index (χ3n) is 4.65. The maximum absolute atomic E-state index is 14.8. The fraction of sp³-hybridized carbons (Fsp3) is 0.368. The second kappa shape index (κ2) is 8.67. The highest BCUT2D eigenvalue weighted by atomic mass is 31.2. The van der Waals surface area contributed by atoms with Gasteiger partial charge >= 0.3 is 0 Å². The number of hydrogen-bond acceptors (Lipinski definition) is 5. The lowest BCUT2D eigenvalue weighted by Gasteiger charge is -2.11. The minimum Gasteiger partial charge on any atom is -0.490 e. The van der Waals surface area contributed by atoms with Crippen LogP contribution in [0.3, 0.4) is 0 Å². The summed E-state index contributed by atoms with van der Waals surface area (Å²) >= 11 is 0. The Bertz CT molecular complexity index is 1070. The van der Waals surface area contributed by atoms with Crippen molar-refractivity contribution in [2.24, 2.45) is 5.92 Å². The number of hydrogen-bond donors (Lipinski definition) is 3. The van der Waals surface area contributed by atoms with Gasteiger partial charge in [-0.25, -0.2) is 0 Å². The van der Waals surface area contributed by atoms with Crippen LogP contribution >= 0.6 is 7.52 Å². The molecule has 29 heavy (non-hydrogen) atoms. The van der Waals surface area contributed by atoms with Crippen molar-refractivity contribution in [3.63, 3.8) is 0 Å². The van der Waals surface area contributed by atoms with Crippen LogP contribution in [-0.4, -0.2) is 29.5 Å². The average Bonchev–Trinajstić information content (AvgIpc) is 3.09. The van der Waals surface area contributed by atoms with Gasteiger partial charge in [0.1, 0.15) is 0 Å². The topological polar surface area (TPSA) is 101 Å². The van der Waals surface area contributed by atoms with Crippen molar-refractivity contribution in [1.29, 1.82) is 0 Å². The first kappa shape index (κ1) is 21.5. The molecule has 0 amide bonds. The van der Waals surface area contributed by atoms with Crippen molar-refractivity contribution < 1.29 is 37.3 Å². The van der Waals surface area contributed by atoms with E-state index in [1.165, 1.54) is 23.4 Å². The predicted octanol–water partition coefficient (Wildman–Crippen LogP) is 4.83. The molecule has 1 unspecified atom stereocenters. The molecule has 1 aromatic heterocycles. The van der Waals surface area contributed by atoms with Crippen molar-refractivity contribution in [2.75, 3.05) is 19.4 Å². The summed E-state index contributed by atoms with van der Waals surface area (Å²) in [5, 5.41) is 10.6. The Kier molecular flexibility index (Phi) is 6.43. The Morgan fingerprint density at radius 1 is 1.10 bits per heavy atom. The van der Waals surface area contributed by atoms with E-state index in [0.717, 1.165) is 6.42 Å². The van der Waals surface area contributed by atoms with Crippen LogP contribution < -0.4 is 14.7 Å². The number of halogens is 2. The lowest BCUT2D eigenvalue weighted by atomic mass is 10.1. The summed E-state index contributed by atoms with van der Waals surface area (Å²) in [6.45, 7) is 4.02. The van der Waals surface area contributed by atoms with Crippen LogP contribution in [0, 0.1) is 17.6 Å². The standard InChI is InChI=1S/C19H22F2NO6P/c1-3-11(2)10-27-15-7-5-13-12-4-6-14(26-8-9-29(24,25)22-23)16(20)18(12)28-19(13)17(15)21/h4-7,11,23H,3,8-10H2,1-2H3,(H2,22,24,25)/t11-/m1/s1. The van der Waals surface area contributed by atoms with Crippen molar-refractivity contribution in [2.45, 2.75) is 20.3 Å². The lowest BCUT2D eigenvalue weighted by Crippen LogP contribution is -2.12. The molecule has 3 rings (SSSR count).